The van der Waals surface area contributed by atoms with E-state index >= 15 is 0 Å². The van der Waals surface area contributed by atoms with Crippen LogP contribution < -0.4 is 5.14 Å². The van der Waals surface area contributed by atoms with E-state index in [1.165, 1.54) is 16.9 Å². The first-order valence-corrected chi connectivity index (χ1v) is 9.83. The molecular formula is C14H15NO3S3. The van der Waals surface area contributed by atoms with Gasteiger partial charge in [0.05, 0.1) is 4.21 Å². The van der Waals surface area contributed by atoms with Crippen molar-refractivity contribution in [3.8, 4) is 5.75 Å². The van der Waals surface area contributed by atoms with Crippen LogP contribution in [0.5, 0.6) is 5.75 Å². The van der Waals surface area contributed by atoms with Gasteiger partial charge in [-0.1, -0.05) is 12.1 Å². The van der Waals surface area contributed by atoms with Crippen LogP contribution in [0.25, 0.3) is 0 Å². The number of hydrogen-bond donors (Lipinski definition) is 2. The molecule has 4 nitrogen and oxygen atoms in total. The summed E-state index contributed by atoms with van der Waals surface area (Å²) in [5.41, 5.74) is 2.27. The molecule has 0 saturated heterocycles. The topological polar surface area (TPSA) is 80.4 Å². The molecule has 2 aromatic rings. The van der Waals surface area contributed by atoms with Crippen molar-refractivity contribution in [1.82, 2.24) is 0 Å². The number of benzene rings is 1. The Morgan fingerprint density at radius 1 is 1.29 bits per heavy atom. The smallest absolute Gasteiger partial charge is 0.247 e. The number of sulfonamides is 1. The lowest BCUT2D eigenvalue weighted by molar-refractivity contribution is 0.474. The van der Waals surface area contributed by atoms with E-state index in [2.05, 4.69) is 0 Å². The van der Waals surface area contributed by atoms with Crippen molar-refractivity contribution in [3.05, 3.63) is 41.5 Å². The molecule has 3 rings (SSSR count). The van der Waals surface area contributed by atoms with Crippen LogP contribution in [0.3, 0.4) is 0 Å². The number of rotatable bonds is 3. The summed E-state index contributed by atoms with van der Waals surface area (Å²) in [6, 6.07) is 8.96. The van der Waals surface area contributed by atoms with E-state index in [9.17, 15) is 13.5 Å². The number of thiophene rings is 1. The molecule has 21 heavy (non-hydrogen) atoms. The molecule has 1 aromatic heterocycles. The van der Waals surface area contributed by atoms with Gasteiger partial charge in [0.1, 0.15) is 9.96 Å². The van der Waals surface area contributed by atoms with Crippen molar-refractivity contribution >= 4 is 33.1 Å². The summed E-state index contributed by atoms with van der Waals surface area (Å²) >= 11 is 2.97. The predicted molar refractivity (Wildman–Crippen MR) is 85.4 cm³/mol. The predicted octanol–water partition coefficient (Wildman–Crippen LogP) is 2.61. The maximum atomic E-state index is 11.4. The fraction of sp³-hybridized carbons (Fsp3) is 0.286. The monoisotopic (exact) mass is 341 g/mol. The molecule has 2 heterocycles. The molecule has 0 aliphatic carbocycles. The van der Waals surface area contributed by atoms with Gasteiger partial charge in [-0.2, -0.15) is 0 Å². The molecule has 1 aliphatic heterocycles. The molecule has 1 unspecified atom stereocenters. The van der Waals surface area contributed by atoms with Gasteiger partial charge in [-0.3, -0.25) is 0 Å². The Morgan fingerprint density at radius 3 is 2.67 bits per heavy atom. The second-order valence-electron chi connectivity index (χ2n) is 5.17. The van der Waals surface area contributed by atoms with Crippen molar-refractivity contribution in [2.24, 2.45) is 11.1 Å². The number of phenolic OH excluding ortho intramolecular Hbond substituents is 1. The number of thioether (sulfide) groups is 1. The quantitative estimate of drug-likeness (QED) is 0.899. The minimum atomic E-state index is -3.60. The standard InChI is InChI=1S/C14H15NO3S3/c15-21(17,18)13-7-11-6-10(8-19-14(11)20-13)5-9-1-3-12(16)4-2-9/h1-4,7,10,16H,5-6,8H2,(H2,15,17,18). The molecule has 0 bridgehead atoms. The summed E-state index contributed by atoms with van der Waals surface area (Å²) in [6.07, 6.45) is 1.79. The highest BCUT2D eigenvalue weighted by Gasteiger charge is 2.24. The zero-order valence-electron chi connectivity index (χ0n) is 11.2. The van der Waals surface area contributed by atoms with Crippen molar-refractivity contribution in [2.45, 2.75) is 21.3 Å². The van der Waals surface area contributed by atoms with Gasteiger partial charge in [0.2, 0.25) is 10.0 Å². The van der Waals surface area contributed by atoms with E-state index in [0.29, 0.717) is 5.92 Å². The first-order valence-electron chi connectivity index (χ1n) is 6.48. The van der Waals surface area contributed by atoms with Gasteiger partial charge in [0.25, 0.3) is 0 Å². The van der Waals surface area contributed by atoms with Gasteiger partial charge in [-0.15, -0.1) is 23.1 Å². The average Bonchev–Trinajstić information content (AvgIpc) is 2.84. The third-order valence-electron chi connectivity index (χ3n) is 3.45. The van der Waals surface area contributed by atoms with Crippen molar-refractivity contribution in [1.29, 1.82) is 0 Å². The Balaban J connectivity index is 1.75. The lowest BCUT2D eigenvalue weighted by atomic mass is 9.95. The second-order valence-corrected chi connectivity index (χ2v) is 9.30. The lowest BCUT2D eigenvalue weighted by Gasteiger charge is -2.21. The molecule has 0 radical (unpaired) electrons. The minimum absolute atomic E-state index is 0.255. The Bertz CT molecular complexity index is 750. The van der Waals surface area contributed by atoms with E-state index in [4.69, 9.17) is 5.14 Å². The summed E-state index contributed by atoms with van der Waals surface area (Å²) in [6.45, 7) is 0. The fourth-order valence-electron chi connectivity index (χ4n) is 2.45. The van der Waals surface area contributed by atoms with Gasteiger partial charge in [0.15, 0.2) is 0 Å². The van der Waals surface area contributed by atoms with Gasteiger partial charge in [-0.25, -0.2) is 13.6 Å². The Morgan fingerprint density at radius 2 is 2.00 bits per heavy atom. The molecule has 1 aliphatic rings. The van der Waals surface area contributed by atoms with Crippen LogP contribution in [0, 0.1) is 5.92 Å². The Hall–Kier alpha value is -1.02. The number of hydrogen-bond acceptors (Lipinski definition) is 5. The zero-order chi connectivity index (χ0) is 15.0. The first-order chi connectivity index (χ1) is 9.91. The number of fused-ring (bicyclic) bond motifs is 1. The highest BCUT2D eigenvalue weighted by molar-refractivity contribution is 8.01. The maximum Gasteiger partial charge on any atom is 0.247 e. The van der Waals surface area contributed by atoms with Crippen LogP contribution >= 0.6 is 23.1 Å². The molecule has 1 aromatic carbocycles. The second kappa shape index (κ2) is 5.64. The highest BCUT2D eigenvalue weighted by Crippen LogP contribution is 2.41. The Kier molecular flexibility index (Phi) is 4.00. The van der Waals surface area contributed by atoms with Gasteiger partial charge < -0.3 is 5.11 Å². The molecule has 1 atom stereocenters. The molecule has 0 spiro atoms. The van der Waals surface area contributed by atoms with Gasteiger partial charge >= 0.3 is 0 Å². The van der Waals surface area contributed by atoms with Crippen LogP contribution in [0.2, 0.25) is 0 Å². The summed E-state index contributed by atoms with van der Waals surface area (Å²) in [7, 11) is -3.60. The minimum Gasteiger partial charge on any atom is -0.508 e. The Labute approximate surface area is 132 Å². The molecule has 7 heteroatoms. The van der Waals surface area contributed by atoms with Crippen molar-refractivity contribution in [3.63, 3.8) is 0 Å². The highest BCUT2D eigenvalue weighted by atomic mass is 32.3. The van der Waals surface area contributed by atoms with E-state index in [-0.39, 0.29) is 9.96 Å². The van der Waals surface area contributed by atoms with Crippen LogP contribution in [0.15, 0.2) is 38.8 Å². The summed E-state index contributed by atoms with van der Waals surface area (Å²) in [4.78, 5) is 0. The van der Waals surface area contributed by atoms with Crippen LogP contribution in [0.4, 0.5) is 0 Å². The molecule has 112 valence electrons. The van der Waals surface area contributed by atoms with E-state index in [1.54, 1.807) is 30.0 Å². The fourth-order valence-corrected chi connectivity index (χ4v) is 5.95. The summed E-state index contributed by atoms with van der Waals surface area (Å²) in [5.74, 6) is 1.71. The number of nitrogens with two attached hydrogens (primary N) is 1. The normalized spacial score (nSPS) is 18.4. The third-order valence-corrected chi connectivity index (χ3v) is 7.61. The van der Waals surface area contributed by atoms with E-state index in [0.717, 1.165) is 28.4 Å². The largest absolute Gasteiger partial charge is 0.508 e. The average molecular weight is 341 g/mol. The van der Waals surface area contributed by atoms with Crippen molar-refractivity contribution < 1.29 is 13.5 Å². The van der Waals surface area contributed by atoms with E-state index in [1.807, 2.05) is 12.1 Å². The third kappa shape index (κ3) is 3.42. The first kappa shape index (κ1) is 14.9. The van der Waals surface area contributed by atoms with Gasteiger partial charge in [-0.05, 0) is 48.1 Å². The number of phenols is 1. The molecule has 0 fully saturated rings. The van der Waals surface area contributed by atoms with Crippen molar-refractivity contribution in [2.75, 3.05) is 5.75 Å². The summed E-state index contributed by atoms with van der Waals surface area (Å²) in [5, 5.41) is 14.5. The van der Waals surface area contributed by atoms with Crippen LogP contribution in [0.1, 0.15) is 11.1 Å². The van der Waals surface area contributed by atoms with E-state index < -0.39 is 10.0 Å². The van der Waals surface area contributed by atoms with Crippen LogP contribution in [-0.4, -0.2) is 19.3 Å². The lowest BCUT2D eigenvalue weighted by Crippen LogP contribution is -2.14. The number of primary sulfonamides is 1. The molecule has 0 saturated carbocycles. The molecule has 3 N–H and O–H groups in total. The maximum absolute atomic E-state index is 11.4. The molecular weight excluding hydrogens is 326 g/mol. The number of aromatic hydroxyl groups is 1. The molecule has 0 amide bonds. The van der Waals surface area contributed by atoms with Gasteiger partial charge in [0, 0.05) is 5.75 Å². The van der Waals surface area contributed by atoms with Crippen LogP contribution in [-0.2, 0) is 22.9 Å². The summed E-state index contributed by atoms with van der Waals surface area (Å²) < 4.78 is 24.1. The zero-order valence-corrected chi connectivity index (χ0v) is 13.6. The SMILES string of the molecule is NS(=O)(=O)c1cc2c(s1)SCC(Cc1ccc(O)cc1)C2.